The van der Waals surface area contributed by atoms with E-state index < -0.39 is 10.0 Å². The van der Waals surface area contributed by atoms with Gasteiger partial charge in [-0.25, -0.2) is 13.1 Å². The summed E-state index contributed by atoms with van der Waals surface area (Å²) in [7, 11) is -3.78. The Balaban J connectivity index is 1.90. The Morgan fingerprint density at radius 1 is 0.871 bits per heavy atom. The van der Waals surface area contributed by atoms with Crippen LogP contribution in [0.5, 0.6) is 0 Å². The van der Waals surface area contributed by atoms with Crippen molar-refractivity contribution in [2.45, 2.75) is 31.6 Å². The summed E-state index contributed by atoms with van der Waals surface area (Å²) in [5, 5.41) is 4.85. The Morgan fingerprint density at radius 2 is 1.48 bits per heavy atom. The van der Waals surface area contributed by atoms with Gasteiger partial charge < -0.3 is 0 Å². The van der Waals surface area contributed by atoms with Crippen LogP contribution in [0.3, 0.4) is 0 Å². The van der Waals surface area contributed by atoms with Crippen LogP contribution >= 0.6 is 0 Å². The molecule has 1 aromatic heterocycles. The van der Waals surface area contributed by atoms with Crippen molar-refractivity contribution >= 4 is 15.8 Å². The zero-order valence-corrected chi connectivity index (χ0v) is 18.4. The number of para-hydroxylation sites is 1. The zero-order chi connectivity index (χ0) is 21.8. The van der Waals surface area contributed by atoms with Crippen LogP contribution in [-0.2, 0) is 16.4 Å². The molecule has 31 heavy (non-hydrogen) atoms. The molecule has 158 valence electrons. The van der Waals surface area contributed by atoms with Crippen LogP contribution in [0.1, 0.15) is 24.5 Å². The van der Waals surface area contributed by atoms with Crippen molar-refractivity contribution in [3.63, 3.8) is 0 Å². The Hall–Kier alpha value is -3.38. The minimum Gasteiger partial charge on any atom is -0.263 e. The summed E-state index contributed by atoms with van der Waals surface area (Å²) in [6, 6.07) is 26.3. The van der Waals surface area contributed by atoms with Gasteiger partial charge in [0, 0.05) is 11.1 Å². The number of aryl methyl sites for hydroxylation is 1. The van der Waals surface area contributed by atoms with E-state index in [0.29, 0.717) is 12.2 Å². The summed E-state index contributed by atoms with van der Waals surface area (Å²) in [6.07, 6.45) is 1.56. The molecule has 0 amide bonds. The highest BCUT2D eigenvalue weighted by Gasteiger charge is 2.24. The van der Waals surface area contributed by atoms with E-state index in [9.17, 15) is 8.42 Å². The summed E-state index contributed by atoms with van der Waals surface area (Å²) in [5.41, 5.74) is 4.42. The first-order valence-corrected chi connectivity index (χ1v) is 11.8. The van der Waals surface area contributed by atoms with Gasteiger partial charge in [-0.2, -0.15) is 5.10 Å². The van der Waals surface area contributed by atoms with Gasteiger partial charge in [0.2, 0.25) is 0 Å². The molecule has 0 saturated heterocycles. The Kier molecular flexibility index (Phi) is 5.91. The van der Waals surface area contributed by atoms with Crippen LogP contribution in [-0.4, -0.2) is 18.2 Å². The number of anilines is 1. The molecule has 4 rings (SSSR count). The van der Waals surface area contributed by atoms with E-state index in [1.807, 2.05) is 67.6 Å². The van der Waals surface area contributed by atoms with E-state index in [1.165, 1.54) is 0 Å². The van der Waals surface area contributed by atoms with Gasteiger partial charge in [0.1, 0.15) is 5.82 Å². The number of hydrogen-bond acceptors (Lipinski definition) is 3. The highest BCUT2D eigenvalue weighted by atomic mass is 32.2. The van der Waals surface area contributed by atoms with Crippen LogP contribution in [0.4, 0.5) is 5.82 Å². The number of benzene rings is 3. The average molecular weight is 432 g/mol. The Morgan fingerprint density at radius 3 is 2.10 bits per heavy atom. The number of sulfonamides is 1. The van der Waals surface area contributed by atoms with Gasteiger partial charge in [0.25, 0.3) is 10.0 Å². The zero-order valence-electron chi connectivity index (χ0n) is 17.6. The van der Waals surface area contributed by atoms with E-state index in [4.69, 9.17) is 5.10 Å². The molecule has 0 bridgehead atoms. The highest BCUT2D eigenvalue weighted by molar-refractivity contribution is 7.92. The second-order valence-electron chi connectivity index (χ2n) is 7.46. The molecule has 4 aromatic rings. The lowest BCUT2D eigenvalue weighted by Gasteiger charge is -2.13. The Bertz CT molecular complexity index is 1260. The van der Waals surface area contributed by atoms with Crippen LogP contribution < -0.4 is 4.72 Å². The van der Waals surface area contributed by atoms with Crippen LogP contribution in [0, 0.1) is 6.92 Å². The molecule has 0 aliphatic carbocycles. The molecule has 0 atom stereocenters. The van der Waals surface area contributed by atoms with Gasteiger partial charge in [-0.05, 0) is 37.6 Å². The van der Waals surface area contributed by atoms with E-state index >= 15 is 0 Å². The first-order chi connectivity index (χ1) is 15.0. The fraction of sp³-hybridized carbons (Fsp3) is 0.160. The van der Waals surface area contributed by atoms with E-state index in [-0.39, 0.29) is 4.90 Å². The molecule has 3 aromatic carbocycles. The van der Waals surface area contributed by atoms with Gasteiger partial charge in [0.05, 0.1) is 16.3 Å². The molecule has 0 unspecified atom stereocenters. The minimum atomic E-state index is -3.78. The SMILES string of the molecule is CCCc1c(-c2ccccc2)nn(-c2ccccc2)c1NS(=O)(=O)c1ccc(C)cc1. The summed E-state index contributed by atoms with van der Waals surface area (Å²) >= 11 is 0. The normalized spacial score (nSPS) is 11.4. The molecule has 0 spiro atoms. The third-order valence-corrected chi connectivity index (χ3v) is 6.45. The fourth-order valence-corrected chi connectivity index (χ4v) is 4.61. The minimum absolute atomic E-state index is 0.225. The second-order valence-corrected chi connectivity index (χ2v) is 9.14. The average Bonchev–Trinajstić information content (AvgIpc) is 3.13. The Labute approximate surface area is 183 Å². The standard InChI is InChI=1S/C25H25N3O2S/c1-3-10-23-24(20-11-6-4-7-12-20)26-28(21-13-8-5-9-14-21)25(23)27-31(29,30)22-17-15-19(2)16-18-22/h4-9,11-18,27H,3,10H2,1-2H3. The van der Waals surface area contributed by atoms with E-state index in [0.717, 1.165) is 34.5 Å². The van der Waals surface area contributed by atoms with Crippen molar-refractivity contribution in [2.75, 3.05) is 4.72 Å². The summed E-state index contributed by atoms with van der Waals surface area (Å²) < 4.78 is 31.0. The largest absolute Gasteiger partial charge is 0.263 e. The number of rotatable bonds is 7. The van der Waals surface area contributed by atoms with Gasteiger partial charge in [0.15, 0.2) is 0 Å². The summed E-state index contributed by atoms with van der Waals surface area (Å²) in [6.45, 7) is 4.01. The third kappa shape index (κ3) is 4.39. The quantitative estimate of drug-likeness (QED) is 0.414. The second kappa shape index (κ2) is 8.78. The van der Waals surface area contributed by atoms with E-state index in [1.54, 1.807) is 28.9 Å². The molecular weight excluding hydrogens is 406 g/mol. The number of aromatic nitrogens is 2. The molecule has 1 N–H and O–H groups in total. The van der Waals surface area contributed by atoms with Crippen molar-refractivity contribution in [1.29, 1.82) is 0 Å². The van der Waals surface area contributed by atoms with Crippen molar-refractivity contribution in [3.05, 3.63) is 96.1 Å². The van der Waals surface area contributed by atoms with Crippen molar-refractivity contribution in [2.24, 2.45) is 0 Å². The molecule has 0 saturated carbocycles. The highest BCUT2D eigenvalue weighted by Crippen LogP contribution is 2.33. The first kappa shape index (κ1) is 20.9. The number of nitrogens with zero attached hydrogens (tertiary/aromatic N) is 2. The maximum atomic E-state index is 13.2. The molecule has 0 fully saturated rings. The van der Waals surface area contributed by atoms with Crippen molar-refractivity contribution < 1.29 is 8.42 Å². The summed E-state index contributed by atoms with van der Waals surface area (Å²) in [4.78, 5) is 0.225. The van der Waals surface area contributed by atoms with Crippen molar-refractivity contribution in [1.82, 2.24) is 9.78 Å². The molecule has 1 heterocycles. The predicted octanol–water partition coefficient (Wildman–Crippen LogP) is 5.60. The smallest absolute Gasteiger partial charge is 0.263 e. The lowest BCUT2D eigenvalue weighted by molar-refractivity contribution is 0.600. The third-order valence-electron chi connectivity index (χ3n) is 5.09. The van der Waals surface area contributed by atoms with Crippen molar-refractivity contribution in [3.8, 4) is 16.9 Å². The topological polar surface area (TPSA) is 64.0 Å². The molecule has 0 aliphatic heterocycles. The van der Waals surface area contributed by atoms with Gasteiger partial charge in [-0.1, -0.05) is 79.6 Å². The lowest BCUT2D eigenvalue weighted by Crippen LogP contribution is -2.17. The monoisotopic (exact) mass is 431 g/mol. The van der Waals surface area contributed by atoms with Gasteiger partial charge in [-0.3, -0.25) is 4.72 Å². The van der Waals surface area contributed by atoms with Crippen LogP contribution in [0.25, 0.3) is 16.9 Å². The fourth-order valence-electron chi connectivity index (χ4n) is 3.53. The molecule has 0 radical (unpaired) electrons. The predicted molar refractivity (Wildman–Crippen MR) is 125 cm³/mol. The number of nitrogens with one attached hydrogen (secondary N) is 1. The molecule has 5 nitrogen and oxygen atoms in total. The summed E-state index contributed by atoms with van der Waals surface area (Å²) in [5.74, 6) is 0.479. The molecular formula is C25H25N3O2S. The number of hydrogen-bond donors (Lipinski definition) is 1. The molecule has 0 aliphatic rings. The van der Waals surface area contributed by atoms with Crippen LogP contribution in [0.2, 0.25) is 0 Å². The lowest BCUT2D eigenvalue weighted by atomic mass is 10.0. The maximum absolute atomic E-state index is 13.2. The van der Waals surface area contributed by atoms with Crippen LogP contribution in [0.15, 0.2) is 89.8 Å². The van der Waals surface area contributed by atoms with Gasteiger partial charge >= 0.3 is 0 Å². The first-order valence-electron chi connectivity index (χ1n) is 10.3. The maximum Gasteiger partial charge on any atom is 0.263 e. The molecule has 6 heteroatoms. The van der Waals surface area contributed by atoms with E-state index in [2.05, 4.69) is 11.6 Å². The van der Waals surface area contributed by atoms with Gasteiger partial charge in [-0.15, -0.1) is 0 Å².